The second-order valence-electron chi connectivity index (χ2n) is 4.56. The van der Waals surface area contributed by atoms with E-state index in [4.69, 9.17) is 5.73 Å². The molecule has 0 aliphatic rings. The van der Waals surface area contributed by atoms with Crippen molar-refractivity contribution in [1.82, 2.24) is 25.6 Å². The van der Waals surface area contributed by atoms with Gasteiger partial charge in [-0.2, -0.15) is 0 Å². The number of pyridine rings is 1. The van der Waals surface area contributed by atoms with Crippen LogP contribution in [-0.4, -0.2) is 40.5 Å². The first kappa shape index (κ1) is 15.1. The number of carbonyl (C=O) groups excluding carboxylic acids is 1. The number of imidazole rings is 1. The van der Waals surface area contributed by atoms with Crippen molar-refractivity contribution in [3.63, 3.8) is 0 Å². The van der Waals surface area contributed by atoms with E-state index in [1.54, 1.807) is 18.6 Å². The molecule has 2 aromatic rings. The van der Waals surface area contributed by atoms with Crippen molar-refractivity contribution in [1.29, 1.82) is 0 Å². The molecule has 0 fully saturated rings. The van der Waals surface area contributed by atoms with Gasteiger partial charge in [0.1, 0.15) is 5.69 Å². The number of H-pyrrole nitrogens is 1. The van der Waals surface area contributed by atoms with Crippen molar-refractivity contribution < 1.29 is 4.79 Å². The average Bonchev–Trinajstić information content (AvgIpc) is 3.01. The van der Waals surface area contributed by atoms with E-state index in [0.717, 1.165) is 17.9 Å². The van der Waals surface area contributed by atoms with Crippen LogP contribution in [0.1, 0.15) is 21.9 Å². The van der Waals surface area contributed by atoms with Crippen LogP contribution >= 0.6 is 0 Å². The summed E-state index contributed by atoms with van der Waals surface area (Å²) in [6.07, 6.45) is 4.08. The van der Waals surface area contributed by atoms with Gasteiger partial charge >= 0.3 is 0 Å². The van der Waals surface area contributed by atoms with Crippen LogP contribution in [0.2, 0.25) is 0 Å². The third-order valence-electron chi connectivity index (χ3n) is 2.90. The van der Waals surface area contributed by atoms with Gasteiger partial charge in [0.25, 0.3) is 5.91 Å². The van der Waals surface area contributed by atoms with Gasteiger partial charge in [0.05, 0.1) is 12.0 Å². The lowest BCUT2D eigenvalue weighted by molar-refractivity contribution is 0.0949. The molecule has 0 aliphatic heterocycles. The predicted molar refractivity (Wildman–Crippen MR) is 79.6 cm³/mol. The second-order valence-corrected chi connectivity index (χ2v) is 4.56. The van der Waals surface area contributed by atoms with Gasteiger partial charge in [-0.15, -0.1) is 0 Å². The number of hydrogen-bond acceptors (Lipinski definition) is 5. The number of rotatable bonds is 8. The molecule has 0 saturated heterocycles. The first-order chi connectivity index (χ1) is 10.3. The van der Waals surface area contributed by atoms with Crippen molar-refractivity contribution >= 4 is 5.91 Å². The largest absolute Gasteiger partial charge is 0.350 e. The summed E-state index contributed by atoms with van der Waals surface area (Å²) in [4.78, 5) is 23.3. The lowest BCUT2D eigenvalue weighted by Gasteiger charge is -2.06. The lowest BCUT2D eigenvalue weighted by Crippen LogP contribution is -2.27. The minimum Gasteiger partial charge on any atom is -0.350 e. The molecule has 0 bridgehead atoms. The molecule has 0 unspecified atom stereocenters. The van der Waals surface area contributed by atoms with Gasteiger partial charge in [-0.3, -0.25) is 4.79 Å². The van der Waals surface area contributed by atoms with Crippen LogP contribution in [0.15, 0.2) is 30.7 Å². The van der Waals surface area contributed by atoms with Gasteiger partial charge in [-0.05, 0) is 12.1 Å². The summed E-state index contributed by atoms with van der Waals surface area (Å²) >= 11 is 0. The van der Waals surface area contributed by atoms with Gasteiger partial charge in [0.2, 0.25) is 0 Å². The zero-order chi connectivity index (χ0) is 14.9. The molecule has 7 nitrogen and oxygen atoms in total. The fourth-order valence-electron chi connectivity index (χ4n) is 1.85. The molecular formula is C14H20N6O. The van der Waals surface area contributed by atoms with E-state index in [9.17, 15) is 4.79 Å². The third kappa shape index (κ3) is 4.97. The first-order valence-electron chi connectivity index (χ1n) is 6.92. The van der Waals surface area contributed by atoms with Crippen LogP contribution in [-0.2, 0) is 13.0 Å². The number of amides is 1. The molecule has 0 atom stereocenters. The van der Waals surface area contributed by atoms with Gasteiger partial charge in [0, 0.05) is 44.5 Å². The first-order valence-corrected chi connectivity index (χ1v) is 6.92. The highest BCUT2D eigenvalue weighted by Gasteiger charge is 2.07. The number of nitrogens with zero attached hydrogens (tertiary/aromatic N) is 2. The molecule has 112 valence electrons. The molecule has 0 aliphatic carbocycles. The number of aromatic amines is 1. The van der Waals surface area contributed by atoms with E-state index >= 15 is 0 Å². The quantitative estimate of drug-likeness (QED) is 0.504. The summed E-state index contributed by atoms with van der Waals surface area (Å²) in [6.45, 7) is 2.45. The van der Waals surface area contributed by atoms with E-state index in [1.165, 1.54) is 0 Å². The molecule has 2 rings (SSSR count). The Hall–Kier alpha value is -2.25. The number of nitrogens with two attached hydrogens (primary N) is 1. The summed E-state index contributed by atoms with van der Waals surface area (Å²) < 4.78 is 0. The van der Waals surface area contributed by atoms with Crippen LogP contribution in [0, 0.1) is 0 Å². The Morgan fingerprint density at radius 3 is 3.00 bits per heavy atom. The number of aromatic nitrogens is 3. The number of nitrogens with one attached hydrogen (secondary N) is 3. The molecule has 21 heavy (non-hydrogen) atoms. The van der Waals surface area contributed by atoms with Crippen molar-refractivity contribution in [2.24, 2.45) is 5.73 Å². The highest BCUT2D eigenvalue weighted by Crippen LogP contribution is 2.00. The van der Waals surface area contributed by atoms with Crippen LogP contribution in [0.4, 0.5) is 0 Å². The molecule has 5 N–H and O–H groups in total. The number of hydrogen-bond donors (Lipinski definition) is 4. The molecule has 0 aromatic carbocycles. The third-order valence-corrected chi connectivity index (χ3v) is 2.90. The van der Waals surface area contributed by atoms with E-state index in [0.29, 0.717) is 31.7 Å². The van der Waals surface area contributed by atoms with Gasteiger partial charge in [0.15, 0.2) is 0 Å². The van der Waals surface area contributed by atoms with Crippen LogP contribution < -0.4 is 16.4 Å². The molecule has 0 spiro atoms. The molecule has 1 amide bonds. The van der Waals surface area contributed by atoms with Gasteiger partial charge in [-0.1, -0.05) is 6.07 Å². The normalized spacial score (nSPS) is 10.5. The summed E-state index contributed by atoms with van der Waals surface area (Å²) in [7, 11) is 0. The Kier molecular flexibility index (Phi) is 5.86. The molecule has 7 heteroatoms. The zero-order valence-corrected chi connectivity index (χ0v) is 11.8. The predicted octanol–water partition coefficient (Wildman–Crippen LogP) is -0.174. The van der Waals surface area contributed by atoms with E-state index in [2.05, 4.69) is 25.6 Å². The topological polar surface area (TPSA) is 109 Å². The summed E-state index contributed by atoms with van der Waals surface area (Å²) in [5.74, 6) is -0.171. The number of carbonyl (C=O) groups is 1. The Bertz CT molecular complexity index is 554. The van der Waals surface area contributed by atoms with Crippen LogP contribution in [0.5, 0.6) is 0 Å². The smallest absolute Gasteiger partial charge is 0.269 e. The van der Waals surface area contributed by atoms with Crippen LogP contribution in [0.3, 0.4) is 0 Å². The van der Waals surface area contributed by atoms with E-state index in [1.807, 2.05) is 12.1 Å². The maximum Gasteiger partial charge on any atom is 0.269 e. The monoisotopic (exact) mass is 288 g/mol. The van der Waals surface area contributed by atoms with Gasteiger partial charge in [-0.25, -0.2) is 9.97 Å². The Morgan fingerprint density at radius 2 is 2.24 bits per heavy atom. The minimum absolute atomic E-state index is 0.171. The van der Waals surface area contributed by atoms with Crippen LogP contribution in [0.25, 0.3) is 0 Å². The summed E-state index contributed by atoms with van der Waals surface area (Å²) in [5, 5.41) is 5.99. The van der Waals surface area contributed by atoms with Crippen molar-refractivity contribution in [2.45, 2.75) is 13.0 Å². The maximum absolute atomic E-state index is 12.0. The summed E-state index contributed by atoms with van der Waals surface area (Å²) in [5.41, 5.74) is 7.65. The SMILES string of the molecule is NCCNCc1cccc(C(=O)NCCc2cnc[nH]2)n1. The molecule has 2 heterocycles. The standard InChI is InChI=1S/C14H20N6O/c15-5-7-16-9-12-2-1-3-13(20-12)14(21)18-6-4-11-8-17-10-19-11/h1-3,8,10,16H,4-7,9,15H2,(H,17,19)(H,18,21). The fourth-order valence-corrected chi connectivity index (χ4v) is 1.85. The lowest BCUT2D eigenvalue weighted by atomic mass is 10.2. The fraction of sp³-hybridized carbons (Fsp3) is 0.357. The Balaban J connectivity index is 1.82. The molecule has 0 radical (unpaired) electrons. The second kappa shape index (κ2) is 8.13. The summed E-state index contributed by atoms with van der Waals surface area (Å²) in [6, 6.07) is 5.42. The highest BCUT2D eigenvalue weighted by molar-refractivity contribution is 5.92. The molecular weight excluding hydrogens is 268 g/mol. The highest BCUT2D eigenvalue weighted by atomic mass is 16.1. The van der Waals surface area contributed by atoms with E-state index in [-0.39, 0.29) is 5.91 Å². The van der Waals surface area contributed by atoms with Crippen molar-refractivity contribution in [3.8, 4) is 0 Å². The Labute approximate surface area is 123 Å². The zero-order valence-electron chi connectivity index (χ0n) is 11.8. The molecule has 2 aromatic heterocycles. The van der Waals surface area contributed by atoms with Crippen molar-refractivity contribution in [3.05, 3.63) is 47.8 Å². The van der Waals surface area contributed by atoms with Gasteiger partial charge < -0.3 is 21.4 Å². The Morgan fingerprint density at radius 1 is 1.33 bits per heavy atom. The molecule has 0 saturated carbocycles. The van der Waals surface area contributed by atoms with E-state index < -0.39 is 0 Å². The average molecular weight is 288 g/mol. The minimum atomic E-state index is -0.171. The maximum atomic E-state index is 12.0. The van der Waals surface area contributed by atoms with Crippen molar-refractivity contribution in [2.75, 3.05) is 19.6 Å².